The van der Waals surface area contributed by atoms with Crippen molar-refractivity contribution in [1.29, 1.82) is 0 Å². The third kappa shape index (κ3) is 5.45. The number of benzene rings is 11. The van der Waals surface area contributed by atoms with Gasteiger partial charge in [-0.25, -0.2) is 0 Å². The van der Waals surface area contributed by atoms with Crippen LogP contribution in [0.2, 0.25) is 0 Å². The second-order valence-electron chi connectivity index (χ2n) is 15.2. The molecule has 0 unspecified atom stereocenters. The Hall–Kier alpha value is -7.26. The molecule has 11 aromatic rings. The zero-order valence-electron chi connectivity index (χ0n) is 32.0. The number of hydrogen-bond acceptors (Lipinski definition) is 1. The highest BCUT2D eigenvalue weighted by Crippen LogP contribution is 2.40. The summed E-state index contributed by atoms with van der Waals surface area (Å²) in [6, 6.07) is 87.8. The highest BCUT2D eigenvalue weighted by atomic mass is 28.3. The normalized spacial score (nSPS) is 11.8. The Labute approximate surface area is 340 Å². The zero-order valence-corrected chi connectivity index (χ0v) is 33.0. The molecule has 1 nitrogen and oxygen atoms in total. The van der Waals surface area contributed by atoms with Gasteiger partial charge in [0.25, 0.3) is 0 Å². The molecule has 58 heavy (non-hydrogen) atoms. The van der Waals surface area contributed by atoms with Gasteiger partial charge in [-0.15, -0.1) is 0 Å². The molecule has 0 aromatic heterocycles. The lowest BCUT2D eigenvalue weighted by Gasteiger charge is -2.35. The molecule has 0 N–H and O–H groups in total. The second-order valence-corrected chi connectivity index (χ2v) is 19.1. The molecule has 0 bridgehead atoms. The summed E-state index contributed by atoms with van der Waals surface area (Å²) in [4.78, 5) is 2.39. The molecule has 0 saturated heterocycles. The highest BCUT2D eigenvalue weighted by Gasteiger charge is 2.41. The van der Waals surface area contributed by atoms with Crippen molar-refractivity contribution >= 4 is 89.0 Å². The van der Waals surface area contributed by atoms with Gasteiger partial charge in [-0.1, -0.05) is 206 Å². The summed E-state index contributed by atoms with van der Waals surface area (Å²) >= 11 is 0. The van der Waals surface area contributed by atoms with Crippen molar-refractivity contribution in [1.82, 2.24) is 0 Å². The van der Waals surface area contributed by atoms with Crippen LogP contribution < -0.4 is 25.6 Å². The van der Waals surface area contributed by atoms with Crippen LogP contribution in [-0.4, -0.2) is 8.07 Å². The smallest absolute Gasteiger partial charge is 0.179 e. The van der Waals surface area contributed by atoms with Crippen molar-refractivity contribution in [2.75, 3.05) is 4.90 Å². The second kappa shape index (κ2) is 14.0. The summed E-state index contributed by atoms with van der Waals surface area (Å²) in [5.41, 5.74) is 5.91. The Kier molecular flexibility index (Phi) is 8.23. The maximum atomic E-state index is 2.42. The van der Waals surface area contributed by atoms with Crippen LogP contribution in [0.3, 0.4) is 0 Å². The maximum Gasteiger partial charge on any atom is 0.179 e. The molecule has 11 rings (SSSR count). The predicted molar refractivity (Wildman–Crippen MR) is 251 cm³/mol. The average molecular weight is 754 g/mol. The van der Waals surface area contributed by atoms with Crippen LogP contribution in [0, 0.1) is 0 Å². The van der Waals surface area contributed by atoms with Crippen molar-refractivity contribution in [2.24, 2.45) is 0 Å². The van der Waals surface area contributed by atoms with Gasteiger partial charge in [0.1, 0.15) is 0 Å². The van der Waals surface area contributed by atoms with Crippen LogP contribution in [0.4, 0.5) is 17.1 Å². The first-order valence-electron chi connectivity index (χ1n) is 20.1. The molecule has 0 saturated carbocycles. The third-order valence-electron chi connectivity index (χ3n) is 12.2. The fraction of sp³-hybridized carbons (Fsp3) is 0. The van der Waals surface area contributed by atoms with Crippen molar-refractivity contribution in [3.8, 4) is 11.1 Å². The van der Waals surface area contributed by atoms with E-state index in [0.717, 1.165) is 17.1 Å². The Balaban J connectivity index is 1.09. The average Bonchev–Trinajstić information content (AvgIpc) is 3.30. The van der Waals surface area contributed by atoms with Crippen molar-refractivity contribution in [3.05, 3.63) is 237 Å². The maximum absolute atomic E-state index is 2.81. The Morgan fingerprint density at radius 3 is 1.41 bits per heavy atom. The molecule has 0 radical (unpaired) electrons. The fourth-order valence-corrected chi connectivity index (χ4v) is 14.2. The summed E-state index contributed by atoms with van der Waals surface area (Å²) in [5, 5.41) is 15.7. The van der Waals surface area contributed by atoms with Gasteiger partial charge in [0.2, 0.25) is 0 Å². The Morgan fingerprint density at radius 1 is 0.276 bits per heavy atom. The molecule has 0 aliphatic carbocycles. The number of nitrogens with zero attached hydrogens (tertiary/aromatic N) is 1. The van der Waals surface area contributed by atoms with Crippen LogP contribution >= 0.6 is 0 Å². The van der Waals surface area contributed by atoms with E-state index in [4.69, 9.17) is 0 Å². The standard InChI is InChI=1S/C56H39NSi/c1-4-18-45(19-5-1)57(54-25-13-15-40-14-10-11-24-52(40)54)46-32-36-50(37-33-46)58(47-20-6-2-7-21-47,48-22-8-3-9-23-48)49-34-28-41(29-35-49)51-38-30-44-27-26-42-16-12-17-43-31-39-53(51)56(44)55(42)43/h1-39H. The number of hydrogen-bond donors (Lipinski definition) is 0. The van der Waals surface area contributed by atoms with Gasteiger partial charge in [-0.05, 0) is 99.9 Å². The molecular formula is C56H39NSi. The van der Waals surface area contributed by atoms with E-state index in [-0.39, 0.29) is 0 Å². The van der Waals surface area contributed by atoms with Gasteiger partial charge >= 0.3 is 0 Å². The molecular weight excluding hydrogens is 715 g/mol. The van der Waals surface area contributed by atoms with Gasteiger partial charge in [0, 0.05) is 16.8 Å². The lowest BCUT2D eigenvalue weighted by molar-refractivity contribution is 1.30. The van der Waals surface area contributed by atoms with E-state index < -0.39 is 8.07 Å². The van der Waals surface area contributed by atoms with Gasteiger partial charge in [-0.2, -0.15) is 0 Å². The summed E-state index contributed by atoms with van der Waals surface area (Å²) in [6.07, 6.45) is 0. The van der Waals surface area contributed by atoms with Gasteiger partial charge in [-0.3, -0.25) is 0 Å². The third-order valence-corrected chi connectivity index (χ3v) is 16.9. The summed E-state index contributed by atoms with van der Waals surface area (Å²) < 4.78 is 0. The first-order valence-corrected chi connectivity index (χ1v) is 22.1. The molecule has 0 aliphatic rings. The van der Waals surface area contributed by atoms with E-state index in [1.54, 1.807) is 0 Å². The molecule has 0 heterocycles. The number of rotatable bonds is 8. The zero-order chi connectivity index (χ0) is 38.5. The fourth-order valence-electron chi connectivity index (χ4n) is 9.53. The van der Waals surface area contributed by atoms with Crippen molar-refractivity contribution in [3.63, 3.8) is 0 Å². The van der Waals surface area contributed by atoms with Crippen LogP contribution in [0.25, 0.3) is 54.2 Å². The predicted octanol–water partition coefficient (Wildman–Crippen LogP) is 12.3. The van der Waals surface area contributed by atoms with Crippen LogP contribution in [0.5, 0.6) is 0 Å². The topological polar surface area (TPSA) is 3.24 Å². The van der Waals surface area contributed by atoms with E-state index in [9.17, 15) is 0 Å². The van der Waals surface area contributed by atoms with Crippen LogP contribution in [0.1, 0.15) is 0 Å². The Bertz CT molecular complexity index is 3130. The van der Waals surface area contributed by atoms with Gasteiger partial charge in [0.15, 0.2) is 8.07 Å². The molecule has 272 valence electrons. The summed E-state index contributed by atoms with van der Waals surface area (Å²) in [5.74, 6) is 0. The van der Waals surface area contributed by atoms with E-state index in [1.165, 1.54) is 75.0 Å². The lowest BCUT2D eigenvalue weighted by atomic mass is 9.90. The lowest BCUT2D eigenvalue weighted by Crippen LogP contribution is -2.74. The largest absolute Gasteiger partial charge is 0.310 e. The minimum absolute atomic E-state index is 1.12. The van der Waals surface area contributed by atoms with Crippen LogP contribution in [-0.2, 0) is 0 Å². The first-order chi connectivity index (χ1) is 28.8. The molecule has 0 atom stereocenters. The molecule has 0 fully saturated rings. The molecule has 2 heteroatoms. The van der Waals surface area contributed by atoms with Gasteiger partial charge < -0.3 is 4.90 Å². The summed E-state index contributed by atoms with van der Waals surface area (Å²) in [6.45, 7) is 0. The molecule has 0 aliphatic heterocycles. The van der Waals surface area contributed by atoms with Crippen LogP contribution in [0.15, 0.2) is 237 Å². The SMILES string of the molecule is c1ccc(N(c2ccc([Si](c3ccccc3)(c3ccccc3)c3ccc(-c4ccc5ccc6cccc7ccc4c5c67)cc3)cc2)c2cccc3ccccc23)cc1. The number of fused-ring (bicyclic) bond motifs is 1. The monoisotopic (exact) mass is 753 g/mol. The Morgan fingerprint density at radius 2 is 0.741 bits per heavy atom. The molecule has 11 aromatic carbocycles. The minimum Gasteiger partial charge on any atom is -0.310 e. The van der Waals surface area contributed by atoms with E-state index >= 15 is 0 Å². The quantitative estimate of drug-likeness (QED) is 0.0848. The van der Waals surface area contributed by atoms with Gasteiger partial charge in [0.05, 0.1) is 5.69 Å². The minimum atomic E-state index is -2.81. The molecule has 0 amide bonds. The summed E-state index contributed by atoms with van der Waals surface area (Å²) in [7, 11) is -2.81. The molecule has 0 spiro atoms. The number of anilines is 3. The first kappa shape index (κ1) is 34.0. The number of para-hydroxylation sites is 1. The van der Waals surface area contributed by atoms with E-state index in [0.29, 0.717) is 0 Å². The van der Waals surface area contributed by atoms with E-state index in [2.05, 4.69) is 241 Å². The van der Waals surface area contributed by atoms with E-state index in [1.807, 2.05) is 0 Å². The van der Waals surface area contributed by atoms with Crippen molar-refractivity contribution < 1.29 is 0 Å². The van der Waals surface area contributed by atoms with Crippen molar-refractivity contribution in [2.45, 2.75) is 0 Å². The highest BCUT2D eigenvalue weighted by molar-refractivity contribution is 7.19.